The lowest BCUT2D eigenvalue weighted by Crippen LogP contribution is -2.26. The minimum atomic E-state index is 0.113. The molecule has 24 heavy (non-hydrogen) atoms. The highest BCUT2D eigenvalue weighted by molar-refractivity contribution is 7.12. The topological polar surface area (TPSA) is 51.2 Å². The number of nitrogens with one attached hydrogen (secondary N) is 1. The zero-order valence-electron chi connectivity index (χ0n) is 14.1. The molecule has 3 rings (SSSR count). The fourth-order valence-electron chi connectivity index (χ4n) is 2.98. The van der Waals surface area contributed by atoms with E-state index >= 15 is 0 Å². The van der Waals surface area contributed by atoms with Crippen LogP contribution in [-0.2, 0) is 16.0 Å². The van der Waals surface area contributed by atoms with Crippen molar-refractivity contribution in [3.05, 3.63) is 40.2 Å². The maximum Gasteiger partial charge on any atom is 0.220 e. The summed E-state index contributed by atoms with van der Waals surface area (Å²) in [7, 11) is 0. The second kappa shape index (κ2) is 8.40. The molecule has 0 spiro atoms. The number of aromatic nitrogens is 1. The molecule has 0 bridgehead atoms. The molecule has 1 fully saturated rings. The van der Waals surface area contributed by atoms with Gasteiger partial charge < -0.3 is 10.1 Å². The molecule has 128 valence electrons. The number of thiazole rings is 1. The first kappa shape index (κ1) is 17.1. The molecule has 0 saturated carbocycles. The van der Waals surface area contributed by atoms with Gasteiger partial charge in [0.15, 0.2) is 0 Å². The molecule has 2 heterocycles. The van der Waals surface area contributed by atoms with Gasteiger partial charge in [0, 0.05) is 36.4 Å². The summed E-state index contributed by atoms with van der Waals surface area (Å²) < 4.78 is 5.55. The molecule has 1 N–H and O–H groups in total. The molecule has 1 aromatic heterocycles. The first-order chi connectivity index (χ1) is 11.7. The number of amides is 1. The van der Waals surface area contributed by atoms with Crippen LogP contribution in [-0.4, -0.2) is 30.1 Å². The molecule has 2 aromatic rings. The Morgan fingerprint density at radius 3 is 2.96 bits per heavy atom. The van der Waals surface area contributed by atoms with E-state index in [1.54, 1.807) is 11.3 Å². The van der Waals surface area contributed by atoms with Gasteiger partial charge in [0.05, 0.1) is 16.8 Å². The van der Waals surface area contributed by atoms with Crippen LogP contribution in [0.1, 0.15) is 35.6 Å². The number of hydrogen-bond acceptors (Lipinski definition) is 4. The third kappa shape index (κ3) is 4.65. The number of aryl methyl sites for hydroxylation is 1. The third-order valence-corrected chi connectivity index (χ3v) is 5.30. The van der Waals surface area contributed by atoms with E-state index in [9.17, 15) is 4.79 Å². The SMILES string of the molecule is Cc1sc(CCNC(=O)CC[C@@H]2CCCO2)nc1-c1ccccc1. The molecule has 5 heteroatoms. The maximum atomic E-state index is 11.9. The zero-order valence-corrected chi connectivity index (χ0v) is 14.9. The number of carbonyl (C=O) groups excluding carboxylic acids is 1. The van der Waals surface area contributed by atoms with Crippen LogP contribution in [0.15, 0.2) is 30.3 Å². The monoisotopic (exact) mass is 344 g/mol. The highest BCUT2D eigenvalue weighted by atomic mass is 32.1. The van der Waals surface area contributed by atoms with Crippen molar-refractivity contribution < 1.29 is 9.53 Å². The minimum Gasteiger partial charge on any atom is -0.378 e. The Kier molecular flexibility index (Phi) is 5.99. The molecular weight excluding hydrogens is 320 g/mol. The predicted octanol–water partition coefficient (Wildman–Crippen LogP) is 3.74. The normalized spacial score (nSPS) is 17.1. The second-order valence-electron chi connectivity index (χ2n) is 6.15. The highest BCUT2D eigenvalue weighted by Crippen LogP contribution is 2.27. The van der Waals surface area contributed by atoms with E-state index in [1.807, 2.05) is 18.2 Å². The van der Waals surface area contributed by atoms with Crippen molar-refractivity contribution in [3.63, 3.8) is 0 Å². The molecular formula is C19H24N2O2S. The number of ether oxygens (including phenoxy) is 1. The first-order valence-corrected chi connectivity index (χ1v) is 9.44. The van der Waals surface area contributed by atoms with Gasteiger partial charge in [0.2, 0.25) is 5.91 Å². The third-order valence-electron chi connectivity index (χ3n) is 4.27. The standard InChI is InChI=1S/C19H24N2O2S/c1-14-19(15-6-3-2-4-7-15)21-18(24-14)11-12-20-17(22)10-9-16-8-5-13-23-16/h2-4,6-7,16H,5,8-13H2,1H3,(H,20,22)/t16-/m0/s1. The lowest BCUT2D eigenvalue weighted by atomic mass is 10.1. The Morgan fingerprint density at radius 2 is 2.21 bits per heavy atom. The van der Waals surface area contributed by atoms with Gasteiger partial charge in [-0.25, -0.2) is 4.98 Å². The van der Waals surface area contributed by atoms with Gasteiger partial charge in [-0.05, 0) is 26.2 Å². The van der Waals surface area contributed by atoms with Crippen molar-refractivity contribution >= 4 is 17.2 Å². The predicted molar refractivity (Wildman–Crippen MR) is 97.2 cm³/mol. The molecule has 0 aliphatic carbocycles. The average Bonchev–Trinajstić information content (AvgIpc) is 3.23. The summed E-state index contributed by atoms with van der Waals surface area (Å²) in [6.45, 7) is 3.59. The van der Waals surface area contributed by atoms with Gasteiger partial charge in [0.25, 0.3) is 0 Å². The average molecular weight is 344 g/mol. The maximum absolute atomic E-state index is 11.9. The van der Waals surface area contributed by atoms with Gasteiger partial charge in [-0.15, -0.1) is 11.3 Å². The van der Waals surface area contributed by atoms with Crippen molar-refractivity contribution in [2.24, 2.45) is 0 Å². The quantitative estimate of drug-likeness (QED) is 0.832. The summed E-state index contributed by atoms with van der Waals surface area (Å²) >= 11 is 1.71. The smallest absolute Gasteiger partial charge is 0.220 e. The van der Waals surface area contributed by atoms with Crippen LogP contribution < -0.4 is 5.32 Å². The van der Waals surface area contributed by atoms with E-state index < -0.39 is 0 Å². The van der Waals surface area contributed by atoms with Gasteiger partial charge in [0.1, 0.15) is 0 Å². The van der Waals surface area contributed by atoms with Crippen LogP contribution in [0.25, 0.3) is 11.3 Å². The minimum absolute atomic E-state index is 0.113. The number of rotatable bonds is 7. The highest BCUT2D eigenvalue weighted by Gasteiger charge is 2.16. The number of hydrogen-bond donors (Lipinski definition) is 1. The Labute approximate surface area is 147 Å². The fourth-order valence-corrected chi connectivity index (χ4v) is 3.94. The molecule has 0 radical (unpaired) electrons. The van der Waals surface area contributed by atoms with Crippen LogP contribution in [0.4, 0.5) is 0 Å². The van der Waals surface area contributed by atoms with E-state index in [0.717, 1.165) is 48.6 Å². The number of nitrogens with zero attached hydrogens (tertiary/aromatic N) is 1. The summed E-state index contributed by atoms with van der Waals surface area (Å²) in [6, 6.07) is 10.2. The van der Waals surface area contributed by atoms with E-state index in [0.29, 0.717) is 13.0 Å². The molecule has 1 atom stereocenters. The van der Waals surface area contributed by atoms with Crippen LogP contribution in [0.5, 0.6) is 0 Å². The largest absolute Gasteiger partial charge is 0.378 e. The van der Waals surface area contributed by atoms with E-state index in [-0.39, 0.29) is 12.0 Å². The van der Waals surface area contributed by atoms with Crippen molar-refractivity contribution in [3.8, 4) is 11.3 Å². The van der Waals surface area contributed by atoms with Crippen LogP contribution in [0, 0.1) is 6.92 Å². The van der Waals surface area contributed by atoms with Crippen molar-refractivity contribution in [1.82, 2.24) is 10.3 Å². The van der Waals surface area contributed by atoms with E-state index in [2.05, 4.69) is 24.4 Å². The van der Waals surface area contributed by atoms with Crippen LogP contribution in [0.3, 0.4) is 0 Å². The molecule has 1 amide bonds. The summed E-state index contributed by atoms with van der Waals surface area (Å²) in [5.74, 6) is 0.113. The van der Waals surface area contributed by atoms with Crippen molar-refractivity contribution in [2.75, 3.05) is 13.2 Å². The number of benzene rings is 1. The zero-order chi connectivity index (χ0) is 16.8. The molecule has 4 nitrogen and oxygen atoms in total. The van der Waals surface area contributed by atoms with Crippen LogP contribution >= 0.6 is 11.3 Å². The van der Waals surface area contributed by atoms with Gasteiger partial charge in [-0.3, -0.25) is 4.79 Å². The molecule has 1 saturated heterocycles. The molecule has 1 aliphatic rings. The lowest BCUT2D eigenvalue weighted by Gasteiger charge is -2.08. The van der Waals surface area contributed by atoms with Gasteiger partial charge >= 0.3 is 0 Å². The lowest BCUT2D eigenvalue weighted by molar-refractivity contribution is -0.121. The summed E-state index contributed by atoms with van der Waals surface area (Å²) in [4.78, 5) is 17.9. The Balaban J connectivity index is 1.44. The first-order valence-electron chi connectivity index (χ1n) is 8.62. The van der Waals surface area contributed by atoms with Crippen molar-refractivity contribution in [2.45, 2.75) is 45.1 Å². The molecule has 1 aliphatic heterocycles. The summed E-state index contributed by atoms with van der Waals surface area (Å²) in [5.41, 5.74) is 2.21. The second-order valence-corrected chi connectivity index (χ2v) is 7.44. The van der Waals surface area contributed by atoms with E-state index in [1.165, 1.54) is 4.88 Å². The molecule has 0 unspecified atom stereocenters. The summed E-state index contributed by atoms with van der Waals surface area (Å²) in [6.07, 6.45) is 4.67. The number of carbonyl (C=O) groups is 1. The van der Waals surface area contributed by atoms with Gasteiger partial charge in [-0.1, -0.05) is 30.3 Å². The Hall–Kier alpha value is -1.72. The van der Waals surface area contributed by atoms with Crippen LogP contribution in [0.2, 0.25) is 0 Å². The Bertz CT molecular complexity index is 663. The van der Waals surface area contributed by atoms with E-state index in [4.69, 9.17) is 9.72 Å². The fraction of sp³-hybridized carbons (Fsp3) is 0.474. The summed E-state index contributed by atoms with van der Waals surface area (Å²) in [5, 5.41) is 4.07. The van der Waals surface area contributed by atoms with Gasteiger partial charge in [-0.2, -0.15) is 0 Å². The molecule has 1 aromatic carbocycles. The Morgan fingerprint density at radius 1 is 1.38 bits per heavy atom. The van der Waals surface area contributed by atoms with Crippen molar-refractivity contribution in [1.29, 1.82) is 0 Å².